The zero-order valence-corrected chi connectivity index (χ0v) is 13.0. The summed E-state index contributed by atoms with van der Waals surface area (Å²) in [5, 5.41) is 23.0. The number of pyridine rings is 1. The summed E-state index contributed by atoms with van der Waals surface area (Å²) in [6.07, 6.45) is 3.19. The van der Waals surface area contributed by atoms with Crippen LogP contribution in [0.15, 0.2) is 42.7 Å². The van der Waals surface area contributed by atoms with E-state index in [4.69, 9.17) is 5.11 Å². The predicted octanol–water partition coefficient (Wildman–Crippen LogP) is 2.21. The van der Waals surface area contributed by atoms with Crippen molar-refractivity contribution in [3.63, 3.8) is 0 Å². The predicted molar refractivity (Wildman–Crippen MR) is 88.2 cm³/mol. The number of carboxylic acid groups (broad SMARTS) is 1. The maximum absolute atomic E-state index is 12.7. The van der Waals surface area contributed by atoms with E-state index in [1.54, 1.807) is 23.7 Å². The smallest absolute Gasteiger partial charge is 0.342 e. The lowest BCUT2D eigenvalue weighted by Gasteiger charge is -2.05. The first-order valence-electron chi connectivity index (χ1n) is 7.13. The molecule has 2 aromatic heterocycles. The summed E-state index contributed by atoms with van der Waals surface area (Å²) >= 11 is 0. The Balaban J connectivity index is 2.11. The molecule has 0 fully saturated rings. The van der Waals surface area contributed by atoms with Crippen LogP contribution in [0.1, 0.15) is 26.5 Å². The van der Waals surface area contributed by atoms with Gasteiger partial charge in [-0.15, -0.1) is 0 Å². The summed E-state index contributed by atoms with van der Waals surface area (Å²) < 4.78 is 1.57. The van der Waals surface area contributed by atoms with Crippen molar-refractivity contribution >= 4 is 28.6 Å². The van der Waals surface area contributed by atoms with Crippen LogP contribution in [0.25, 0.3) is 5.52 Å². The number of benzene rings is 1. The number of nitro groups is 1. The molecule has 25 heavy (non-hydrogen) atoms. The first-order chi connectivity index (χ1) is 11.9. The topological polar surface area (TPSA) is 127 Å². The molecular weight excluding hydrogens is 328 g/mol. The van der Waals surface area contributed by atoms with Crippen LogP contribution in [-0.4, -0.2) is 38.2 Å². The Morgan fingerprint density at radius 3 is 2.68 bits per heavy atom. The van der Waals surface area contributed by atoms with Crippen molar-refractivity contribution in [2.24, 2.45) is 0 Å². The van der Waals surface area contributed by atoms with Crippen LogP contribution in [0.2, 0.25) is 0 Å². The van der Waals surface area contributed by atoms with Gasteiger partial charge >= 0.3 is 5.97 Å². The second kappa shape index (κ2) is 6.04. The highest BCUT2D eigenvalue weighted by molar-refractivity contribution is 6.09. The van der Waals surface area contributed by atoms with Gasteiger partial charge in [0.1, 0.15) is 5.56 Å². The number of ketones is 1. The summed E-state index contributed by atoms with van der Waals surface area (Å²) in [5.41, 5.74) is 0.324. The van der Waals surface area contributed by atoms with Crippen LogP contribution >= 0.6 is 0 Å². The molecule has 0 aliphatic carbocycles. The summed E-state index contributed by atoms with van der Waals surface area (Å²) in [4.78, 5) is 38.1. The maximum Gasteiger partial charge on any atom is 0.342 e. The molecule has 0 saturated heterocycles. The molecule has 9 nitrogen and oxygen atoms in total. The van der Waals surface area contributed by atoms with E-state index in [0.29, 0.717) is 5.52 Å². The van der Waals surface area contributed by atoms with Gasteiger partial charge in [-0.1, -0.05) is 0 Å². The van der Waals surface area contributed by atoms with Gasteiger partial charge in [0.2, 0.25) is 5.78 Å². The van der Waals surface area contributed by atoms with Gasteiger partial charge in [-0.2, -0.15) is 0 Å². The Labute approximate surface area is 140 Å². The minimum Gasteiger partial charge on any atom is -0.477 e. The number of carboxylic acids is 1. The molecule has 126 valence electrons. The average molecular weight is 340 g/mol. The summed E-state index contributed by atoms with van der Waals surface area (Å²) in [5.74, 6) is -1.94. The van der Waals surface area contributed by atoms with Crippen LogP contribution in [0.3, 0.4) is 0 Å². The molecule has 0 spiro atoms. The molecule has 0 bridgehead atoms. The fourth-order valence-corrected chi connectivity index (χ4v) is 2.44. The average Bonchev–Trinajstić information content (AvgIpc) is 3.03. The highest BCUT2D eigenvalue weighted by atomic mass is 16.6. The lowest BCUT2D eigenvalue weighted by atomic mass is 10.0. The van der Waals surface area contributed by atoms with Crippen LogP contribution in [0.5, 0.6) is 0 Å². The Hall–Kier alpha value is -3.75. The Kier molecular flexibility index (Phi) is 3.89. The number of nitrogens with one attached hydrogen (secondary N) is 1. The molecule has 0 saturated carbocycles. The molecule has 0 aliphatic rings. The first-order valence-corrected chi connectivity index (χ1v) is 7.13. The van der Waals surface area contributed by atoms with Crippen molar-refractivity contribution in [1.82, 2.24) is 9.38 Å². The third-order valence-corrected chi connectivity index (χ3v) is 3.70. The van der Waals surface area contributed by atoms with Gasteiger partial charge in [-0.05, 0) is 24.3 Å². The normalized spacial score (nSPS) is 10.6. The number of aromatic carboxylic acids is 1. The molecule has 2 heterocycles. The van der Waals surface area contributed by atoms with Crippen molar-refractivity contribution in [3.8, 4) is 0 Å². The molecule has 0 amide bonds. The number of nitrogens with zero attached hydrogens (tertiary/aromatic N) is 3. The molecule has 0 radical (unpaired) electrons. The Bertz CT molecular complexity index is 1020. The fraction of sp³-hybridized carbons (Fsp3) is 0.0625. The van der Waals surface area contributed by atoms with Crippen LogP contribution < -0.4 is 5.32 Å². The summed E-state index contributed by atoms with van der Waals surface area (Å²) in [6.45, 7) is 0. The van der Waals surface area contributed by atoms with Crippen molar-refractivity contribution < 1.29 is 19.6 Å². The monoisotopic (exact) mass is 340 g/mol. The fourth-order valence-electron chi connectivity index (χ4n) is 2.44. The highest BCUT2D eigenvalue weighted by Crippen LogP contribution is 2.22. The molecule has 9 heteroatoms. The molecule has 2 N–H and O–H groups in total. The molecule has 1 aromatic carbocycles. The van der Waals surface area contributed by atoms with E-state index in [1.807, 2.05) is 6.07 Å². The highest BCUT2D eigenvalue weighted by Gasteiger charge is 2.23. The quantitative estimate of drug-likeness (QED) is 0.414. The molecule has 3 aromatic rings. The van der Waals surface area contributed by atoms with Gasteiger partial charge < -0.3 is 10.4 Å². The maximum atomic E-state index is 12.7. The minimum atomic E-state index is -1.48. The zero-order chi connectivity index (χ0) is 18.1. The Morgan fingerprint density at radius 1 is 1.28 bits per heavy atom. The number of nitro benzene ring substituents is 1. The number of rotatable bonds is 5. The third kappa shape index (κ3) is 2.78. The second-order valence-corrected chi connectivity index (χ2v) is 5.17. The summed E-state index contributed by atoms with van der Waals surface area (Å²) in [6, 6.07) is 6.81. The van der Waals surface area contributed by atoms with E-state index in [1.165, 1.54) is 12.3 Å². The number of anilines is 1. The van der Waals surface area contributed by atoms with E-state index in [2.05, 4.69) is 10.3 Å². The molecule has 0 atom stereocenters. The number of aromatic nitrogens is 2. The third-order valence-electron chi connectivity index (χ3n) is 3.70. The van der Waals surface area contributed by atoms with Gasteiger partial charge in [0.15, 0.2) is 5.82 Å². The molecule has 0 unspecified atom stereocenters. The van der Waals surface area contributed by atoms with Crippen LogP contribution in [0.4, 0.5) is 11.4 Å². The number of hydrogen-bond donors (Lipinski definition) is 2. The molecular formula is C16H12N4O5. The van der Waals surface area contributed by atoms with Crippen molar-refractivity contribution in [1.29, 1.82) is 0 Å². The van der Waals surface area contributed by atoms with Gasteiger partial charge in [0.05, 0.1) is 22.3 Å². The van der Waals surface area contributed by atoms with Gasteiger partial charge in [-0.3, -0.25) is 19.3 Å². The Morgan fingerprint density at radius 2 is 2.04 bits per heavy atom. The standard InChI is InChI=1S/C16H12N4O5/c1-17-10-3-4-11-7-18-15(19(11)8-10)14(21)9-2-5-13(20(24)25)12(6-9)16(22)23/h2-8,17H,1H3,(H,22,23). The van der Waals surface area contributed by atoms with Crippen molar-refractivity contribution in [2.75, 3.05) is 12.4 Å². The largest absolute Gasteiger partial charge is 0.477 e. The van der Waals surface area contributed by atoms with Crippen molar-refractivity contribution in [2.45, 2.75) is 0 Å². The number of fused-ring (bicyclic) bond motifs is 1. The van der Waals surface area contributed by atoms with Crippen molar-refractivity contribution in [3.05, 3.63) is 69.8 Å². The number of hydrogen-bond acceptors (Lipinski definition) is 6. The zero-order valence-electron chi connectivity index (χ0n) is 13.0. The number of carbonyl (C=O) groups excluding carboxylic acids is 1. The van der Waals surface area contributed by atoms with E-state index in [0.717, 1.165) is 17.8 Å². The van der Waals surface area contributed by atoms with Gasteiger partial charge in [0, 0.05) is 24.9 Å². The van der Waals surface area contributed by atoms with E-state index in [9.17, 15) is 19.7 Å². The first kappa shape index (κ1) is 16.1. The van der Waals surface area contributed by atoms with Gasteiger partial charge in [0.25, 0.3) is 5.69 Å². The van der Waals surface area contributed by atoms with Crippen LogP contribution in [0, 0.1) is 10.1 Å². The summed E-state index contributed by atoms with van der Waals surface area (Å²) in [7, 11) is 1.73. The lowest BCUT2D eigenvalue weighted by molar-refractivity contribution is -0.385. The molecule has 3 rings (SSSR count). The van der Waals surface area contributed by atoms with E-state index < -0.39 is 27.9 Å². The number of carbonyl (C=O) groups is 2. The van der Waals surface area contributed by atoms with E-state index in [-0.39, 0.29) is 11.4 Å². The minimum absolute atomic E-state index is 0.00496. The SMILES string of the molecule is CNc1ccc2cnc(C(=O)c3ccc([N+](=O)[O-])c(C(=O)O)c3)n2c1. The van der Waals surface area contributed by atoms with Crippen LogP contribution in [-0.2, 0) is 0 Å². The lowest BCUT2D eigenvalue weighted by Crippen LogP contribution is -2.10. The number of imidazole rings is 1. The van der Waals surface area contributed by atoms with E-state index >= 15 is 0 Å². The van der Waals surface area contributed by atoms with Gasteiger partial charge in [-0.25, -0.2) is 9.78 Å². The molecule has 0 aliphatic heterocycles. The second-order valence-electron chi connectivity index (χ2n) is 5.17.